The number of nitrogens with one attached hydrogen (secondary N) is 2. The van der Waals surface area contributed by atoms with Crippen molar-refractivity contribution in [2.75, 3.05) is 19.7 Å². The molecule has 0 aliphatic carbocycles. The van der Waals surface area contributed by atoms with Gasteiger partial charge in [0, 0.05) is 43.0 Å². The van der Waals surface area contributed by atoms with E-state index >= 15 is 0 Å². The quantitative estimate of drug-likeness (QED) is 0.578. The van der Waals surface area contributed by atoms with Gasteiger partial charge in [-0.25, -0.2) is 13.8 Å². The maximum atomic E-state index is 14.1. The molecule has 32 heavy (non-hydrogen) atoms. The first-order chi connectivity index (χ1) is 15.1. The second-order valence-electron chi connectivity index (χ2n) is 7.42. The number of benzene rings is 1. The second kappa shape index (κ2) is 8.38. The van der Waals surface area contributed by atoms with E-state index in [9.17, 15) is 26.7 Å². The Bertz CT molecular complexity index is 1130. The molecule has 2 aromatic heterocycles. The fraction of sp³-hybridized carbons (Fsp3) is 0.333. The summed E-state index contributed by atoms with van der Waals surface area (Å²) in [6.07, 6.45) is -1.92. The fourth-order valence-corrected chi connectivity index (χ4v) is 3.52. The standard InChI is InChI=1S/C21H19F5N4O2/c22-20(23)7-8-27-10-17(20)29-19(31)15-11-30-9-3-5-14(18(30)28-15)13-4-1-2-6-16(13)32-12-21(24,25)26/h1-6,9,11,17,27H,7-8,10,12H2,(H,29,31)/t17-/m0/s1. The summed E-state index contributed by atoms with van der Waals surface area (Å²) in [7, 11) is 0. The lowest BCUT2D eigenvalue weighted by Crippen LogP contribution is -2.57. The van der Waals surface area contributed by atoms with Crippen LogP contribution in [0.4, 0.5) is 22.0 Å². The van der Waals surface area contributed by atoms with Crippen LogP contribution in [0, 0.1) is 0 Å². The summed E-state index contributed by atoms with van der Waals surface area (Å²) in [6, 6.07) is 8.03. The van der Waals surface area contributed by atoms with Crippen LogP contribution in [0.25, 0.3) is 16.8 Å². The number of amides is 1. The van der Waals surface area contributed by atoms with Crippen LogP contribution >= 0.6 is 0 Å². The molecule has 1 amide bonds. The summed E-state index contributed by atoms with van der Waals surface area (Å²) in [5.41, 5.74) is 0.957. The summed E-state index contributed by atoms with van der Waals surface area (Å²) in [5.74, 6) is -3.81. The number of halogens is 5. The zero-order valence-corrected chi connectivity index (χ0v) is 16.6. The zero-order chi connectivity index (χ0) is 22.9. The molecule has 3 heterocycles. The van der Waals surface area contributed by atoms with Crippen LogP contribution in [-0.4, -0.2) is 53.1 Å². The first kappa shape index (κ1) is 22.0. The number of aromatic nitrogens is 2. The summed E-state index contributed by atoms with van der Waals surface area (Å²) >= 11 is 0. The van der Waals surface area contributed by atoms with E-state index in [4.69, 9.17) is 4.74 Å². The number of piperidine rings is 1. The van der Waals surface area contributed by atoms with Crippen molar-refractivity contribution in [2.24, 2.45) is 0 Å². The Morgan fingerprint density at radius 1 is 1.22 bits per heavy atom. The van der Waals surface area contributed by atoms with Crippen molar-refractivity contribution in [2.45, 2.75) is 24.6 Å². The molecule has 2 N–H and O–H groups in total. The third-order valence-corrected chi connectivity index (χ3v) is 5.08. The minimum Gasteiger partial charge on any atom is -0.483 e. The van der Waals surface area contributed by atoms with Crippen LogP contribution in [0.5, 0.6) is 5.75 Å². The normalized spacial score (nSPS) is 18.5. The molecule has 170 valence electrons. The van der Waals surface area contributed by atoms with Crippen molar-refractivity contribution in [1.29, 1.82) is 0 Å². The number of carbonyl (C=O) groups is 1. The number of carbonyl (C=O) groups excluding carboxylic acids is 1. The van der Waals surface area contributed by atoms with Gasteiger partial charge in [0.15, 0.2) is 6.61 Å². The lowest BCUT2D eigenvalue weighted by molar-refractivity contribution is -0.153. The number of nitrogens with zero attached hydrogens (tertiary/aromatic N) is 2. The van der Waals surface area contributed by atoms with E-state index in [2.05, 4.69) is 15.6 Å². The van der Waals surface area contributed by atoms with E-state index in [1.807, 2.05) is 0 Å². The van der Waals surface area contributed by atoms with Gasteiger partial charge in [0.05, 0.1) is 0 Å². The monoisotopic (exact) mass is 454 g/mol. The van der Waals surface area contributed by atoms with Crippen molar-refractivity contribution in [3.63, 3.8) is 0 Å². The van der Waals surface area contributed by atoms with Gasteiger partial charge in [-0.2, -0.15) is 13.2 Å². The molecular formula is C21H19F5N4O2. The van der Waals surface area contributed by atoms with Gasteiger partial charge in [0.1, 0.15) is 23.1 Å². The molecule has 0 unspecified atom stereocenters. The van der Waals surface area contributed by atoms with E-state index in [0.29, 0.717) is 11.1 Å². The summed E-state index contributed by atoms with van der Waals surface area (Å²) in [5, 5.41) is 5.14. The van der Waals surface area contributed by atoms with Crippen LogP contribution in [0.15, 0.2) is 48.8 Å². The topological polar surface area (TPSA) is 67.7 Å². The van der Waals surface area contributed by atoms with Gasteiger partial charge in [0.25, 0.3) is 11.8 Å². The number of hydrogen-bond donors (Lipinski definition) is 2. The first-order valence-corrected chi connectivity index (χ1v) is 9.80. The smallest absolute Gasteiger partial charge is 0.422 e. The largest absolute Gasteiger partial charge is 0.483 e. The van der Waals surface area contributed by atoms with Crippen LogP contribution in [0.2, 0.25) is 0 Å². The third kappa shape index (κ3) is 4.67. The number of pyridine rings is 1. The summed E-state index contributed by atoms with van der Waals surface area (Å²) in [6.45, 7) is -1.37. The van der Waals surface area contributed by atoms with E-state index in [-0.39, 0.29) is 36.6 Å². The molecule has 1 aromatic carbocycles. The molecule has 0 spiro atoms. The first-order valence-electron chi connectivity index (χ1n) is 9.80. The molecule has 1 saturated heterocycles. The van der Waals surface area contributed by atoms with Crippen molar-refractivity contribution in [3.05, 3.63) is 54.5 Å². The van der Waals surface area contributed by atoms with Gasteiger partial charge in [-0.05, 0) is 18.2 Å². The zero-order valence-electron chi connectivity index (χ0n) is 16.6. The number of para-hydroxylation sites is 1. The van der Waals surface area contributed by atoms with Crippen LogP contribution < -0.4 is 15.4 Å². The minimum atomic E-state index is -4.51. The molecule has 1 aliphatic rings. The Kier molecular flexibility index (Phi) is 5.76. The van der Waals surface area contributed by atoms with Gasteiger partial charge in [0.2, 0.25) is 0 Å². The molecule has 1 atom stereocenters. The average molecular weight is 454 g/mol. The van der Waals surface area contributed by atoms with Gasteiger partial charge in [-0.1, -0.05) is 18.2 Å². The highest BCUT2D eigenvalue weighted by Gasteiger charge is 2.42. The number of fused-ring (bicyclic) bond motifs is 1. The van der Waals surface area contributed by atoms with Crippen molar-refractivity contribution in [1.82, 2.24) is 20.0 Å². The van der Waals surface area contributed by atoms with Crippen LogP contribution in [-0.2, 0) is 0 Å². The van der Waals surface area contributed by atoms with E-state index in [1.165, 1.54) is 22.7 Å². The van der Waals surface area contributed by atoms with Gasteiger partial charge >= 0.3 is 6.18 Å². The van der Waals surface area contributed by atoms with Crippen LogP contribution in [0.3, 0.4) is 0 Å². The van der Waals surface area contributed by atoms with Gasteiger partial charge in [-0.15, -0.1) is 0 Å². The van der Waals surface area contributed by atoms with E-state index in [1.54, 1.807) is 30.5 Å². The summed E-state index contributed by atoms with van der Waals surface area (Å²) in [4.78, 5) is 16.9. The number of ether oxygens (including phenoxy) is 1. The molecule has 0 radical (unpaired) electrons. The fourth-order valence-electron chi connectivity index (χ4n) is 3.52. The highest BCUT2D eigenvalue weighted by molar-refractivity contribution is 5.94. The van der Waals surface area contributed by atoms with Crippen molar-refractivity contribution < 1.29 is 31.5 Å². The number of alkyl halides is 5. The lowest BCUT2D eigenvalue weighted by Gasteiger charge is -2.32. The molecular weight excluding hydrogens is 435 g/mol. The molecule has 6 nitrogen and oxygen atoms in total. The minimum absolute atomic E-state index is 0.000140. The highest BCUT2D eigenvalue weighted by Crippen LogP contribution is 2.33. The predicted octanol–water partition coefficient (Wildman–Crippen LogP) is 3.67. The van der Waals surface area contributed by atoms with Gasteiger partial charge in [-0.3, -0.25) is 4.79 Å². The SMILES string of the molecule is O=C(N[C@H]1CNCCC1(F)F)c1cn2cccc(-c3ccccc3OCC(F)(F)F)c2n1. The maximum Gasteiger partial charge on any atom is 0.422 e. The maximum absolute atomic E-state index is 14.1. The third-order valence-electron chi connectivity index (χ3n) is 5.08. The number of imidazole rings is 1. The average Bonchev–Trinajstić information content (AvgIpc) is 3.18. The molecule has 11 heteroatoms. The number of hydrogen-bond acceptors (Lipinski definition) is 4. The Morgan fingerprint density at radius 3 is 2.72 bits per heavy atom. The van der Waals surface area contributed by atoms with Crippen molar-refractivity contribution in [3.8, 4) is 16.9 Å². The summed E-state index contributed by atoms with van der Waals surface area (Å²) < 4.78 is 72.4. The molecule has 1 fully saturated rings. The highest BCUT2D eigenvalue weighted by atomic mass is 19.4. The Hall–Kier alpha value is -3.21. The van der Waals surface area contributed by atoms with Gasteiger partial charge < -0.3 is 19.8 Å². The van der Waals surface area contributed by atoms with E-state index in [0.717, 1.165) is 0 Å². The molecule has 3 aromatic rings. The van der Waals surface area contributed by atoms with Crippen LogP contribution in [0.1, 0.15) is 16.9 Å². The molecule has 0 bridgehead atoms. The second-order valence-corrected chi connectivity index (χ2v) is 7.42. The molecule has 1 aliphatic heterocycles. The Balaban J connectivity index is 1.64. The molecule has 4 rings (SSSR count). The lowest BCUT2D eigenvalue weighted by atomic mass is 10.0. The Morgan fingerprint density at radius 2 is 1.97 bits per heavy atom. The van der Waals surface area contributed by atoms with Crippen molar-refractivity contribution >= 4 is 11.6 Å². The predicted molar refractivity (Wildman–Crippen MR) is 106 cm³/mol. The molecule has 0 saturated carbocycles. The Labute approximate surface area is 179 Å². The van der Waals surface area contributed by atoms with E-state index < -0.39 is 30.7 Å². The number of rotatable bonds is 5.